The van der Waals surface area contributed by atoms with Crippen molar-refractivity contribution < 1.29 is 9.47 Å². The predicted molar refractivity (Wildman–Crippen MR) is 68.6 cm³/mol. The van der Waals surface area contributed by atoms with Crippen LogP contribution >= 0.6 is 11.7 Å². The fourth-order valence-electron chi connectivity index (χ4n) is 1.65. The average Bonchev–Trinajstić information content (AvgIpc) is 2.93. The van der Waals surface area contributed by atoms with Gasteiger partial charge in [0.1, 0.15) is 11.5 Å². The predicted octanol–water partition coefficient (Wildman–Crippen LogP) is 1.11. The van der Waals surface area contributed by atoms with Crippen LogP contribution in [0.3, 0.4) is 0 Å². The Morgan fingerprint density at radius 1 is 1.22 bits per heavy atom. The molecule has 0 fully saturated rings. The molecule has 0 spiro atoms. The molecule has 6 nitrogen and oxygen atoms in total. The third-order valence-electron chi connectivity index (χ3n) is 2.55. The van der Waals surface area contributed by atoms with Crippen molar-refractivity contribution in [1.82, 2.24) is 14.2 Å². The molecule has 0 saturated carbocycles. The normalized spacial score (nSPS) is 12.2. The summed E-state index contributed by atoms with van der Waals surface area (Å²) in [7, 11) is 3.21. The van der Waals surface area contributed by atoms with E-state index in [4.69, 9.17) is 15.3 Å². The molecule has 1 atom stereocenters. The second-order valence-electron chi connectivity index (χ2n) is 3.58. The summed E-state index contributed by atoms with van der Waals surface area (Å²) in [5.41, 5.74) is 4.38. The summed E-state index contributed by atoms with van der Waals surface area (Å²) in [6, 6.07) is 5.32. The van der Waals surface area contributed by atoms with E-state index in [9.17, 15) is 0 Å². The summed E-state index contributed by atoms with van der Waals surface area (Å²) in [6.45, 7) is 0. The van der Waals surface area contributed by atoms with Gasteiger partial charge in [-0.15, -0.1) is 0 Å². The molecule has 7 heteroatoms. The summed E-state index contributed by atoms with van der Waals surface area (Å²) in [5.74, 6) is 6.99. The first-order valence-electron chi connectivity index (χ1n) is 5.25. The van der Waals surface area contributed by atoms with Gasteiger partial charge >= 0.3 is 0 Å². The van der Waals surface area contributed by atoms with E-state index < -0.39 is 0 Å². The highest BCUT2D eigenvalue weighted by molar-refractivity contribution is 6.99. The number of benzene rings is 1. The molecule has 0 saturated heterocycles. The van der Waals surface area contributed by atoms with E-state index >= 15 is 0 Å². The largest absolute Gasteiger partial charge is 0.497 e. The Balaban J connectivity index is 2.41. The van der Waals surface area contributed by atoms with Gasteiger partial charge in [0.05, 0.1) is 43.9 Å². The van der Waals surface area contributed by atoms with Gasteiger partial charge in [-0.1, -0.05) is 0 Å². The number of nitrogens with two attached hydrogens (primary N) is 1. The molecule has 1 heterocycles. The van der Waals surface area contributed by atoms with E-state index in [-0.39, 0.29) is 6.04 Å². The average molecular weight is 266 g/mol. The smallest absolute Gasteiger partial charge is 0.122 e. The van der Waals surface area contributed by atoms with Crippen molar-refractivity contribution in [2.45, 2.75) is 6.04 Å². The Hall–Kier alpha value is -1.70. The summed E-state index contributed by atoms with van der Waals surface area (Å²) < 4.78 is 18.6. The Morgan fingerprint density at radius 2 is 1.89 bits per heavy atom. The number of hydrogen-bond donors (Lipinski definition) is 2. The number of nitrogens with zero attached hydrogens (tertiary/aromatic N) is 2. The number of rotatable bonds is 5. The number of methoxy groups -OCH3 is 2. The first kappa shape index (κ1) is 12.7. The molecule has 96 valence electrons. The van der Waals surface area contributed by atoms with Gasteiger partial charge in [-0.2, -0.15) is 8.75 Å². The second kappa shape index (κ2) is 5.76. The number of nitrogens with one attached hydrogen (secondary N) is 1. The highest BCUT2D eigenvalue weighted by Crippen LogP contribution is 2.28. The highest BCUT2D eigenvalue weighted by Gasteiger charge is 2.17. The number of aromatic nitrogens is 2. The zero-order valence-corrected chi connectivity index (χ0v) is 10.9. The van der Waals surface area contributed by atoms with Crippen LogP contribution in [-0.4, -0.2) is 23.0 Å². The van der Waals surface area contributed by atoms with Crippen LogP contribution in [0.25, 0.3) is 0 Å². The molecule has 1 aromatic heterocycles. The lowest BCUT2D eigenvalue weighted by Gasteiger charge is -2.15. The van der Waals surface area contributed by atoms with Crippen molar-refractivity contribution in [3.63, 3.8) is 0 Å². The van der Waals surface area contributed by atoms with Crippen LogP contribution in [0.5, 0.6) is 11.5 Å². The monoisotopic (exact) mass is 266 g/mol. The topological polar surface area (TPSA) is 82.3 Å². The molecule has 2 rings (SSSR count). The van der Waals surface area contributed by atoms with Crippen LogP contribution in [-0.2, 0) is 0 Å². The SMILES string of the molecule is COc1cc(OC)cc(C(NN)c2cnsn2)c1. The van der Waals surface area contributed by atoms with Gasteiger partial charge in [-0.25, -0.2) is 5.43 Å². The lowest BCUT2D eigenvalue weighted by atomic mass is 10.0. The quantitative estimate of drug-likeness (QED) is 0.623. The van der Waals surface area contributed by atoms with Crippen LogP contribution in [0.15, 0.2) is 24.4 Å². The molecule has 2 aromatic rings. The zero-order valence-electron chi connectivity index (χ0n) is 10.1. The standard InChI is InChI=1S/C11H14N4O2S/c1-16-8-3-7(4-9(5-8)17-2)11(14-12)10-6-13-18-15-10/h3-6,11,14H,12H2,1-2H3. The molecule has 0 amide bonds. The van der Waals surface area contributed by atoms with Crippen LogP contribution in [0, 0.1) is 0 Å². The number of ether oxygens (including phenoxy) is 2. The van der Waals surface area contributed by atoms with Gasteiger partial charge in [0.25, 0.3) is 0 Å². The molecule has 0 aliphatic heterocycles. The summed E-state index contributed by atoms with van der Waals surface area (Å²) >= 11 is 1.14. The van der Waals surface area contributed by atoms with Crippen molar-refractivity contribution in [3.8, 4) is 11.5 Å². The van der Waals surface area contributed by atoms with Crippen LogP contribution < -0.4 is 20.7 Å². The lowest BCUT2D eigenvalue weighted by Crippen LogP contribution is -2.29. The summed E-state index contributed by atoms with van der Waals surface area (Å²) in [5, 5.41) is 0. The Morgan fingerprint density at radius 3 is 2.33 bits per heavy atom. The minimum Gasteiger partial charge on any atom is -0.497 e. The maximum absolute atomic E-state index is 5.58. The third-order valence-corrected chi connectivity index (χ3v) is 3.04. The van der Waals surface area contributed by atoms with Gasteiger partial charge in [-0.3, -0.25) is 5.84 Å². The molecular weight excluding hydrogens is 252 g/mol. The van der Waals surface area contributed by atoms with Crippen molar-refractivity contribution in [1.29, 1.82) is 0 Å². The van der Waals surface area contributed by atoms with Gasteiger partial charge in [-0.05, 0) is 17.7 Å². The van der Waals surface area contributed by atoms with E-state index in [0.717, 1.165) is 23.0 Å². The highest BCUT2D eigenvalue weighted by atomic mass is 32.1. The van der Waals surface area contributed by atoms with Crippen LogP contribution in [0.1, 0.15) is 17.3 Å². The van der Waals surface area contributed by atoms with Gasteiger partial charge in [0.15, 0.2) is 0 Å². The van der Waals surface area contributed by atoms with Gasteiger partial charge in [0, 0.05) is 6.07 Å². The van der Waals surface area contributed by atoms with E-state index in [1.54, 1.807) is 26.5 Å². The molecule has 3 N–H and O–H groups in total. The molecule has 1 unspecified atom stereocenters. The van der Waals surface area contributed by atoms with E-state index in [1.807, 2.05) is 12.1 Å². The van der Waals surface area contributed by atoms with E-state index in [0.29, 0.717) is 11.5 Å². The number of hydrazine groups is 1. The van der Waals surface area contributed by atoms with Gasteiger partial charge in [0.2, 0.25) is 0 Å². The maximum atomic E-state index is 5.58. The Kier molecular flexibility index (Phi) is 4.08. The maximum Gasteiger partial charge on any atom is 0.122 e. The Labute approximate surface area is 109 Å². The fraction of sp³-hybridized carbons (Fsp3) is 0.273. The minimum absolute atomic E-state index is 0.243. The van der Waals surface area contributed by atoms with E-state index in [2.05, 4.69) is 14.2 Å². The molecular formula is C11H14N4O2S. The Bertz CT molecular complexity index is 481. The molecule has 0 bridgehead atoms. The zero-order chi connectivity index (χ0) is 13.0. The first-order chi connectivity index (χ1) is 8.78. The summed E-state index contributed by atoms with van der Waals surface area (Å²) in [6.07, 6.45) is 1.68. The fourth-order valence-corrected chi connectivity index (χ4v) is 2.10. The lowest BCUT2D eigenvalue weighted by molar-refractivity contribution is 0.392. The molecule has 0 aliphatic rings. The molecule has 0 aliphatic carbocycles. The van der Waals surface area contributed by atoms with Crippen LogP contribution in [0.4, 0.5) is 0 Å². The minimum atomic E-state index is -0.243. The number of hydrogen-bond acceptors (Lipinski definition) is 7. The van der Waals surface area contributed by atoms with Crippen LogP contribution in [0.2, 0.25) is 0 Å². The van der Waals surface area contributed by atoms with Crippen molar-refractivity contribution >= 4 is 11.7 Å². The second-order valence-corrected chi connectivity index (χ2v) is 4.13. The summed E-state index contributed by atoms with van der Waals surface area (Å²) in [4.78, 5) is 0. The molecule has 18 heavy (non-hydrogen) atoms. The third kappa shape index (κ3) is 2.58. The van der Waals surface area contributed by atoms with Crippen molar-refractivity contribution in [2.24, 2.45) is 5.84 Å². The first-order valence-corrected chi connectivity index (χ1v) is 5.98. The van der Waals surface area contributed by atoms with Crippen molar-refractivity contribution in [2.75, 3.05) is 14.2 Å². The molecule has 0 radical (unpaired) electrons. The van der Waals surface area contributed by atoms with E-state index in [1.165, 1.54) is 0 Å². The molecule has 1 aromatic carbocycles. The van der Waals surface area contributed by atoms with Gasteiger partial charge < -0.3 is 9.47 Å². The van der Waals surface area contributed by atoms with Crippen molar-refractivity contribution in [3.05, 3.63) is 35.7 Å².